The molecule has 0 bridgehead atoms. The number of benzene rings is 1. The number of nitrogens with zero attached hydrogens (tertiary/aromatic N) is 2. The molecule has 0 unspecified atom stereocenters. The van der Waals surface area contributed by atoms with Gasteiger partial charge in [-0.3, -0.25) is 4.79 Å². The summed E-state index contributed by atoms with van der Waals surface area (Å²) in [6.07, 6.45) is 3.39. The summed E-state index contributed by atoms with van der Waals surface area (Å²) in [5.41, 5.74) is 0.835. The number of nitrogens with one attached hydrogen (secondary N) is 1. The van der Waals surface area contributed by atoms with Crippen molar-refractivity contribution in [3.63, 3.8) is 0 Å². The normalized spacial score (nSPS) is 21.2. The van der Waals surface area contributed by atoms with Gasteiger partial charge < -0.3 is 10.4 Å². The second-order valence-corrected chi connectivity index (χ2v) is 5.32. The fraction of sp³-hybridized carbons (Fsp3) is 0.308. The Balaban J connectivity index is 1.96. The second-order valence-electron chi connectivity index (χ2n) is 4.13. The minimum Gasteiger partial charge on any atom is -0.508 e. The number of thioether (sulfide) groups is 1. The molecule has 0 spiro atoms. The second kappa shape index (κ2) is 6.38. The number of carbonyl (C=O) groups excluding carboxylic acids is 1. The Morgan fingerprint density at radius 1 is 1.42 bits per heavy atom. The first kappa shape index (κ1) is 13.6. The van der Waals surface area contributed by atoms with Crippen LogP contribution in [0.15, 0.2) is 34.5 Å². The highest BCUT2D eigenvalue weighted by Gasteiger charge is 2.29. The van der Waals surface area contributed by atoms with E-state index in [0.717, 1.165) is 18.4 Å². The quantitative estimate of drug-likeness (QED) is 0.654. The molecule has 0 aromatic heterocycles. The lowest BCUT2D eigenvalue weighted by Gasteiger charge is -1.99. The van der Waals surface area contributed by atoms with Gasteiger partial charge in [0.1, 0.15) is 5.75 Å². The molecule has 0 aliphatic carbocycles. The Kier molecular flexibility index (Phi) is 4.57. The van der Waals surface area contributed by atoms with E-state index < -0.39 is 0 Å². The molecule has 100 valence electrons. The zero-order valence-electron chi connectivity index (χ0n) is 10.5. The van der Waals surface area contributed by atoms with Crippen LogP contribution in [0.4, 0.5) is 0 Å². The summed E-state index contributed by atoms with van der Waals surface area (Å²) < 4.78 is 0. The van der Waals surface area contributed by atoms with Gasteiger partial charge in [0.05, 0.1) is 11.5 Å². The number of rotatable bonds is 4. The van der Waals surface area contributed by atoms with E-state index in [9.17, 15) is 4.79 Å². The average molecular weight is 277 g/mol. The standard InChI is InChI=1S/C13H15N3O2S/c1-2-3-11-12(18)15-13(19-11)16-14-8-9-4-6-10(17)7-5-9/h4-8,11,17H,2-3H2,1H3,(H,15,16,18)/b14-8-/t11-/m1/s1. The predicted molar refractivity (Wildman–Crippen MR) is 77.6 cm³/mol. The smallest absolute Gasteiger partial charge is 0.239 e. The fourth-order valence-corrected chi connectivity index (χ4v) is 2.66. The number of carbonyl (C=O) groups is 1. The van der Waals surface area contributed by atoms with Crippen molar-refractivity contribution >= 4 is 29.1 Å². The minimum absolute atomic E-state index is 0.00503. The minimum atomic E-state index is -0.0485. The Morgan fingerprint density at radius 2 is 2.16 bits per heavy atom. The molecule has 1 fully saturated rings. The highest BCUT2D eigenvalue weighted by molar-refractivity contribution is 8.15. The van der Waals surface area contributed by atoms with Crippen molar-refractivity contribution in [1.29, 1.82) is 0 Å². The molecule has 1 aromatic carbocycles. The van der Waals surface area contributed by atoms with E-state index in [0.29, 0.717) is 5.17 Å². The molecule has 5 nitrogen and oxygen atoms in total. The van der Waals surface area contributed by atoms with Gasteiger partial charge >= 0.3 is 0 Å². The first-order valence-corrected chi connectivity index (χ1v) is 6.94. The van der Waals surface area contributed by atoms with Gasteiger partial charge in [-0.05, 0) is 36.2 Å². The van der Waals surface area contributed by atoms with E-state index in [1.165, 1.54) is 11.8 Å². The first-order valence-electron chi connectivity index (χ1n) is 6.06. The van der Waals surface area contributed by atoms with E-state index in [-0.39, 0.29) is 16.9 Å². The van der Waals surface area contributed by atoms with Crippen molar-refractivity contribution in [3.8, 4) is 5.75 Å². The molecule has 2 rings (SSSR count). The Bertz CT molecular complexity index is 511. The van der Waals surface area contributed by atoms with Gasteiger partial charge in [0.2, 0.25) is 5.91 Å². The summed E-state index contributed by atoms with van der Waals surface area (Å²) in [6, 6.07) is 6.63. The van der Waals surface area contributed by atoms with E-state index in [4.69, 9.17) is 5.11 Å². The van der Waals surface area contributed by atoms with E-state index in [2.05, 4.69) is 15.5 Å². The van der Waals surface area contributed by atoms with Gasteiger partial charge in [-0.15, -0.1) is 5.10 Å². The summed E-state index contributed by atoms with van der Waals surface area (Å²) >= 11 is 1.42. The number of phenols is 1. The van der Waals surface area contributed by atoms with Crippen molar-refractivity contribution in [2.75, 3.05) is 0 Å². The van der Waals surface area contributed by atoms with Crippen LogP contribution < -0.4 is 5.32 Å². The lowest BCUT2D eigenvalue weighted by atomic mass is 10.2. The third-order valence-corrected chi connectivity index (χ3v) is 3.72. The number of amidine groups is 1. The highest BCUT2D eigenvalue weighted by Crippen LogP contribution is 2.23. The van der Waals surface area contributed by atoms with Crippen LogP contribution in [0.3, 0.4) is 0 Å². The van der Waals surface area contributed by atoms with Crippen LogP contribution in [-0.4, -0.2) is 27.6 Å². The summed E-state index contributed by atoms with van der Waals surface area (Å²) in [7, 11) is 0. The Labute approximate surface area is 115 Å². The molecule has 1 aliphatic heterocycles. The van der Waals surface area contributed by atoms with Crippen molar-refractivity contribution in [3.05, 3.63) is 29.8 Å². The molecule has 1 saturated heterocycles. The third-order valence-electron chi connectivity index (χ3n) is 2.58. The van der Waals surface area contributed by atoms with E-state index in [1.54, 1.807) is 30.5 Å². The first-order chi connectivity index (χ1) is 9.19. The molecule has 2 N–H and O–H groups in total. The Hall–Kier alpha value is -1.82. The molecular weight excluding hydrogens is 262 g/mol. The van der Waals surface area contributed by atoms with Gasteiger partial charge in [-0.2, -0.15) is 5.10 Å². The van der Waals surface area contributed by atoms with Gasteiger partial charge in [0, 0.05) is 0 Å². The van der Waals surface area contributed by atoms with Crippen LogP contribution in [0.25, 0.3) is 0 Å². The maximum Gasteiger partial charge on any atom is 0.239 e. The molecule has 0 saturated carbocycles. The summed E-state index contributed by atoms with van der Waals surface area (Å²) in [5, 5.41) is 20.2. The topological polar surface area (TPSA) is 74.1 Å². The maximum atomic E-state index is 11.6. The number of hydrogen-bond donors (Lipinski definition) is 2. The molecule has 1 heterocycles. The van der Waals surface area contributed by atoms with Gasteiger partial charge in [0.25, 0.3) is 0 Å². The fourth-order valence-electron chi connectivity index (χ4n) is 1.61. The average Bonchev–Trinajstić information content (AvgIpc) is 2.73. The lowest BCUT2D eigenvalue weighted by Crippen LogP contribution is -2.24. The Morgan fingerprint density at radius 3 is 2.84 bits per heavy atom. The van der Waals surface area contributed by atoms with Crippen LogP contribution in [0.2, 0.25) is 0 Å². The van der Waals surface area contributed by atoms with Crippen molar-refractivity contribution in [2.24, 2.45) is 10.2 Å². The monoisotopic (exact) mass is 277 g/mol. The highest BCUT2D eigenvalue weighted by atomic mass is 32.2. The third kappa shape index (κ3) is 3.82. The van der Waals surface area contributed by atoms with Crippen LogP contribution >= 0.6 is 11.8 Å². The van der Waals surface area contributed by atoms with Crippen LogP contribution in [0.1, 0.15) is 25.3 Å². The van der Waals surface area contributed by atoms with E-state index in [1.807, 2.05) is 6.92 Å². The number of amides is 1. The lowest BCUT2D eigenvalue weighted by molar-refractivity contribution is -0.118. The maximum absolute atomic E-state index is 11.6. The number of hydrogen-bond acceptors (Lipinski definition) is 5. The zero-order valence-corrected chi connectivity index (χ0v) is 11.4. The van der Waals surface area contributed by atoms with Crippen molar-refractivity contribution < 1.29 is 9.90 Å². The molecule has 1 amide bonds. The van der Waals surface area contributed by atoms with E-state index >= 15 is 0 Å². The number of aromatic hydroxyl groups is 1. The largest absolute Gasteiger partial charge is 0.508 e. The summed E-state index contributed by atoms with van der Waals surface area (Å²) in [5.74, 6) is 0.218. The van der Waals surface area contributed by atoms with Crippen LogP contribution in [0.5, 0.6) is 5.75 Å². The molecule has 1 aromatic rings. The number of phenolic OH excluding ortho intramolecular Hbond substituents is 1. The zero-order chi connectivity index (χ0) is 13.7. The summed E-state index contributed by atoms with van der Waals surface area (Å²) in [4.78, 5) is 11.6. The van der Waals surface area contributed by atoms with Gasteiger partial charge in [-0.1, -0.05) is 25.1 Å². The molecule has 1 atom stereocenters. The predicted octanol–water partition coefficient (Wildman–Crippen LogP) is 2.11. The van der Waals surface area contributed by atoms with Gasteiger partial charge in [-0.25, -0.2) is 0 Å². The van der Waals surface area contributed by atoms with Crippen LogP contribution in [0, 0.1) is 0 Å². The van der Waals surface area contributed by atoms with Crippen LogP contribution in [-0.2, 0) is 4.79 Å². The molecule has 1 aliphatic rings. The molecule has 19 heavy (non-hydrogen) atoms. The van der Waals surface area contributed by atoms with Gasteiger partial charge in [0.15, 0.2) is 5.17 Å². The molecular formula is C13H15N3O2S. The summed E-state index contributed by atoms with van der Waals surface area (Å²) in [6.45, 7) is 2.05. The molecule has 6 heteroatoms. The molecule has 0 radical (unpaired) electrons. The van der Waals surface area contributed by atoms with Crippen molar-refractivity contribution in [1.82, 2.24) is 5.32 Å². The van der Waals surface area contributed by atoms with Crippen molar-refractivity contribution in [2.45, 2.75) is 25.0 Å². The SMILES string of the molecule is CCC[C@H]1S/C(=N\N=C/c2ccc(O)cc2)NC1=O.